The van der Waals surface area contributed by atoms with Crippen molar-refractivity contribution in [1.82, 2.24) is 4.31 Å². The number of nitrogens with zero attached hydrogens (tertiary/aromatic N) is 1. The third-order valence-corrected chi connectivity index (χ3v) is 5.39. The molecule has 1 fully saturated rings. The standard InChI is InChI=1S/C16H22N2O5S/c1-11-7-8-12(16(20)23-2)10-13(11)17-15(19)14-6-4-5-9-18(14)24(3,21)22/h7-8,10,14H,4-6,9H2,1-3H3,(H,17,19). The number of esters is 1. The van der Waals surface area contributed by atoms with Gasteiger partial charge in [-0.2, -0.15) is 4.31 Å². The number of hydrogen-bond donors (Lipinski definition) is 1. The van der Waals surface area contributed by atoms with E-state index in [0.29, 0.717) is 24.2 Å². The molecule has 0 aliphatic carbocycles. The van der Waals surface area contributed by atoms with Crippen LogP contribution in [0.15, 0.2) is 18.2 Å². The summed E-state index contributed by atoms with van der Waals surface area (Å²) in [5, 5.41) is 2.75. The van der Waals surface area contributed by atoms with Crippen LogP contribution in [0.3, 0.4) is 0 Å². The summed E-state index contributed by atoms with van der Waals surface area (Å²) in [4.78, 5) is 24.2. The Labute approximate surface area is 142 Å². The Bertz CT molecular complexity index is 745. The molecule has 0 saturated carbocycles. The molecule has 1 aromatic carbocycles. The molecule has 1 N–H and O–H groups in total. The maximum atomic E-state index is 12.6. The van der Waals surface area contributed by atoms with Crippen molar-refractivity contribution in [2.75, 3.05) is 25.2 Å². The summed E-state index contributed by atoms with van der Waals surface area (Å²) < 4.78 is 29.7. The fourth-order valence-corrected chi connectivity index (χ4v) is 3.91. The van der Waals surface area contributed by atoms with Crippen molar-refractivity contribution in [3.8, 4) is 0 Å². The highest BCUT2D eigenvalue weighted by Crippen LogP contribution is 2.23. The van der Waals surface area contributed by atoms with Gasteiger partial charge in [0.05, 0.1) is 18.9 Å². The highest BCUT2D eigenvalue weighted by Gasteiger charge is 2.34. The van der Waals surface area contributed by atoms with Crippen molar-refractivity contribution >= 4 is 27.6 Å². The minimum atomic E-state index is -3.45. The molecule has 1 aliphatic rings. The quantitative estimate of drug-likeness (QED) is 0.828. The molecule has 1 aromatic rings. The van der Waals surface area contributed by atoms with E-state index in [9.17, 15) is 18.0 Å². The topological polar surface area (TPSA) is 92.8 Å². The summed E-state index contributed by atoms with van der Waals surface area (Å²) in [5.74, 6) is -0.883. The SMILES string of the molecule is COC(=O)c1ccc(C)c(NC(=O)C2CCCCN2S(C)(=O)=O)c1. The van der Waals surface area contributed by atoms with Crippen molar-refractivity contribution in [3.05, 3.63) is 29.3 Å². The highest BCUT2D eigenvalue weighted by molar-refractivity contribution is 7.88. The molecule has 1 atom stereocenters. The number of carbonyl (C=O) groups is 2. The van der Waals surface area contributed by atoms with Crippen LogP contribution in [0.1, 0.15) is 35.2 Å². The second-order valence-electron chi connectivity index (χ2n) is 5.90. The number of aryl methyl sites for hydroxylation is 1. The van der Waals surface area contributed by atoms with Crippen LogP contribution in [-0.4, -0.2) is 50.6 Å². The average molecular weight is 354 g/mol. The smallest absolute Gasteiger partial charge is 0.337 e. The summed E-state index contributed by atoms with van der Waals surface area (Å²) in [6.07, 6.45) is 3.13. The van der Waals surface area contributed by atoms with Gasteiger partial charge in [0.1, 0.15) is 6.04 Å². The van der Waals surface area contributed by atoms with E-state index in [0.717, 1.165) is 24.7 Å². The molecular weight excluding hydrogens is 332 g/mol. The highest BCUT2D eigenvalue weighted by atomic mass is 32.2. The van der Waals surface area contributed by atoms with Gasteiger partial charge in [0.25, 0.3) is 0 Å². The number of sulfonamides is 1. The lowest BCUT2D eigenvalue weighted by Gasteiger charge is -2.32. The number of methoxy groups -OCH3 is 1. The second kappa shape index (κ2) is 7.31. The van der Waals surface area contributed by atoms with Crippen LogP contribution >= 0.6 is 0 Å². The number of carbonyl (C=O) groups excluding carboxylic acids is 2. The number of amides is 1. The zero-order valence-corrected chi connectivity index (χ0v) is 14.9. The number of benzene rings is 1. The van der Waals surface area contributed by atoms with E-state index in [4.69, 9.17) is 0 Å². The number of nitrogens with one attached hydrogen (secondary N) is 1. The Morgan fingerprint density at radius 1 is 1.29 bits per heavy atom. The van der Waals surface area contributed by atoms with Crippen molar-refractivity contribution in [3.63, 3.8) is 0 Å². The summed E-state index contributed by atoms with van der Waals surface area (Å²) in [6.45, 7) is 2.14. The van der Waals surface area contributed by atoms with Gasteiger partial charge in [-0.05, 0) is 37.5 Å². The number of anilines is 1. The van der Waals surface area contributed by atoms with Crippen LogP contribution in [0.25, 0.3) is 0 Å². The number of rotatable bonds is 4. The van der Waals surface area contributed by atoms with Gasteiger partial charge in [0.15, 0.2) is 0 Å². The van der Waals surface area contributed by atoms with Crippen LogP contribution in [-0.2, 0) is 19.6 Å². The van der Waals surface area contributed by atoms with E-state index in [1.807, 2.05) is 0 Å². The maximum Gasteiger partial charge on any atom is 0.337 e. The first-order valence-corrected chi connectivity index (χ1v) is 9.55. The van der Waals surface area contributed by atoms with E-state index >= 15 is 0 Å². The Balaban J connectivity index is 2.23. The fourth-order valence-electron chi connectivity index (χ4n) is 2.78. The summed E-state index contributed by atoms with van der Waals surface area (Å²) in [6, 6.07) is 4.12. The average Bonchev–Trinajstić information content (AvgIpc) is 2.55. The second-order valence-corrected chi connectivity index (χ2v) is 7.83. The van der Waals surface area contributed by atoms with Gasteiger partial charge in [0, 0.05) is 12.2 Å². The molecule has 8 heteroatoms. The lowest BCUT2D eigenvalue weighted by Crippen LogP contribution is -2.49. The van der Waals surface area contributed by atoms with Crippen LogP contribution < -0.4 is 5.32 Å². The third-order valence-electron chi connectivity index (χ3n) is 4.10. The zero-order valence-electron chi connectivity index (χ0n) is 14.0. The lowest BCUT2D eigenvalue weighted by atomic mass is 10.0. The number of hydrogen-bond acceptors (Lipinski definition) is 5. The lowest BCUT2D eigenvalue weighted by molar-refractivity contribution is -0.120. The van der Waals surface area contributed by atoms with E-state index < -0.39 is 22.0 Å². The predicted molar refractivity (Wildman–Crippen MR) is 90.3 cm³/mol. The summed E-state index contributed by atoms with van der Waals surface area (Å²) >= 11 is 0. The van der Waals surface area contributed by atoms with Gasteiger partial charge in [-0.25, -0.2) is 13.2 Å². The number of ether oxygens (including phenoxy) is 1. The van der Waals surface area contributed by atoms with Crippen molar-refractivity contribution < 1.29 is 22.7 Å². The minimum absolute atomic E-state index is 0.321. The Kier molecular flexibility index (Phi) is 5.61. The van der Waals surface area contributed by atoms with Crippen molar-refractivity contribution in [2.24, 2.45) is 0 Å². The van der Waals surface area contributed by atoms with E-state index in [2.05, 4.69) is 10.1 Å². The van der Waals surface area contributed by atoms with Crippen LogP contribution in [0.4, 0.5) is 5.69 Å². The molecule has 24 heavy (non-hydrogen) atoms. The molecule has 0 aromatic heterocycles. The molecule has 2 rings (SSSR count). The molecule has 0 bridgehead atoms. The van der Waals surface area contributed by atoms with Crippen LogP contribution in [0.5, 0.6) is 0 Å². The van der Waals surface area contributed by atoms with E-state index in [1.54, 1.807) is 19.1 Å². The Hall–Kier alpha value is -1.93. The van der Waals surface area contributed by atoms with Gasteiger partial charge in [-0.15, -0.1) is 0 Å². The first kappa shape index (κ1) is 18.4. The molecule has 0 spiro atoms. The predicted octanol–water partition coefficient (Wildman–Crippen LogP) is 1.53. The van der Waals surface area contributed by atoms with Gasteiger partial charge in [-0.3, -0.25) is 4.79 Å². The minimum Gasteiger partial charge on any atom is -0.465 e. The molecule has 1 heterocycles. The van der Waals surface area contributed by atoms with Gasteiger partial charge >= 0.3 is 5.97 Å². The molecule has 132 valence electrons. The van der Waals surface area contributed by atoms with E-state index in [1.165, 1.54) is 17.5 Å². The molecule has 1 saturated heterocycles. The summed E-state index contributed by atoms with van der Waals surface area (Å²) in [5.41, 5.74) is 1.57. The first-order chi connectivity index (χ1) is 11.2. The fraction of sp³-hybridized carbons (Fsp3) is 0.500. The Morgan fingerprint density at radius 3 is 2.62 bits per heavy atom. The van der Waals surface area contributed by atoms with E-state index in [-0.39, 0.29) is 5.91 Å². The monoisotopic (exact) mass is 354 g/mol. The maximum absolute atomic E-state index is 12.6. The molecule has 1 unspecified atom stereocenters. The van der Waals surface area contributed by atoms with Crippen LogP contribution in [0.2, 0.25) is 0 Å². The molecule has 7 nitrogen and oxygen atoms in total. The third kappa shape index (κ3) is 4.12. The Morgan fingerprint density at radius 2 is 2.00 bits per heavy atom. The number of piperidine rings is 1. The first-order valence-electron chi connectivity index (χ1n) is 7.70. The molecule has 0 radical (unpaired) electrons. The van der Waals surface area contributed by atoms with Crippen molar-refractivity contribution in [1.29, 1.82) is 0 Å². The van der Waals surface area contributed by atoms with Crippen molar-refractivity contribution in [2.45, 2.75) is 32.2 Å². The molecule has 1 amide bonds. The van der Waals surface area contributed by atoms with Gasteiger partial charge < -0.3 is 10.1 Å². The largest absolute Gasteiger partial charge is 0.465 e. The molecular formula is C16H22N2O5S. The van der Waals surface area contributed by atoms with Gasteiger partial charge in [-0.1, -0.05) is 12.5 Å². The normalized spacial score (nSPS) is 18.9. The summed E-state index contributed by atoms with van der Waals surface area (Å²) in [7, 11) is -2.17. The van der Waals surface area contributed by atoms with Gasteiger partial charge in [0.2, 0.25) is 15.9 Å². The molecule has 1 aliphatic heterocycles. The van der Waals surface area contributed by atoms with Crippen LogP contribution in [0, 0.1) is 6.92 Å². The zero-order chi connectivity index (χ0) is 17.9.